The molecule has 3 aromatic rings. The molecule has 1 aliphatic heterocycles. The third-order valence-corrected chi connectivity index (χ3v) is 5.45. The van der Waals surface area contributed by atoms with Gasteiger partial charge in [0.05, 0.1) is 5.56 Å². The second-order valence-corrected chi connectivity index (χ2v) is 7.90. The summed E-state index contributed by atoms with van der Waals surface area (Å²) >= 11 is 6.09. The van der Waals surface area contributed by atoms with Gasteiger partial charge in [0.15, 0.2) is 5.60 Å². The number of hydrogen-bond donors (Lipinski definition) is 2. The number of fused-ring (bicyclic) bond motifs is 2. The quantitative estimate of drug-likeness (QED) is 0.656. The van der Waals surface area contributed by atoms with Crippen molar-refractivity contribution in [3.05, 3.63) is 69.9 Å². The van der Waals surface area contributed by atoms with E-state index in [2.05, 4.69) is 10.3 Å². The molecule has 0 saturated carbocycles. The van der Waals surface area contributed by atoms with Gasteiger partial charge in [0.25, 0.3) is 5.91 Å². The van der Waals surface area contributed by atoms with Gasteiger partial charge in [-0.25, -0.2) is 4.79 Å². The molecule has 1 aromatic heterocycles. The second-order valence-electron chi connectivity index (χ2n) is 7.47. The third kappa shape index (κ3) is 3.38. The summed E-state index contributed by atoms with van der Waals surface area (Å²) in [6, 6.07) is 11.2. The monoisotopic (exact) mass is 396 g/mol. The summed E-state index contributed by atoms with van der Waals surface area (Å²) in [6.07, 6.45) is 2.94. The highest BCUT2D eigenvalue weighted by molar-refractivity contribution is 6.31. The Hall–Kier alpha value is -2.79. The molecule has 6 heteroatoms. The van der Waals surface area contributed by atoms with Gasteiger partial charge >= 0.3 is 5.97 Å². The minimum atomic E-state index is -1.21. The molecule has 2 aromatic carbocycles. The SMILES string of the molecule is Cc1ccc2c(c1)CC(C)(C(=O)NCCc1c[nH]c3ccc(Cl)cc13)OC2=O. The van der Waals surface area contributed by atoms with Gasteiger partial charge in [-0.3, -0.25) is 4.79 Å². The number of aromatic amines is 1. The molecule has 0 radical (unpaired) electrons. The largest absolute Gasteiger partial charge is 0.445 e. The number of halogens is 1. The lowest BCUT2D eigenvalue weighted by Gasteiger charge is -2.33. The molecular formula is C22H21ClN2O3. The predicted molar refractivity (Wildman–Crippen MR) is 109 cm³/mol. The fourth-order valence-corrected chi connectivity index (χ4v) is 3.88. The molecule has 1 unspecified atom stereocenters. The van der Waals surface area contributed by atoms with Crippen LogP contribution >= 0.6 is 11.6 Å². The zero-order chi connectivity index (χ0) is 19.9. The van der Waals surface area contributed by atoms with Crippen LogP contribution < -0.4 is 5.32 Å². The molecule has 28 heavy (non-hydrogen) atoms. The van der Waals surface area contributed by atoms with E-state index in [0.717, 1.165) is 27.6 Å². The molecule has 1 atom stereocenters. The van der Waals surface area contributed by atoms with Crippen molar-refractivity contribution < 1.29 is 14.3 Å². The molecule has 0 spiro atoms. The number of benzene rings is 2. The second kappa shape index (κ2) is 6.99. The summed E-state index contributed by atoms with van der Waals surface area (Å²) in [4.78, 5) is 28.3. The molecule has 4 rings (SSSR count). The minimum absolute atomic E-state index is 0.286. The number of cyclic esters (lactones) is 1. The standard InChI is InChI=1S/C22H21ClN2O3/c1-13-3-5-17-15(9-13)11-22(2,28-20(17)26)21(27)24-8-7-14-12-25-19-6-4-16(23)10-18(14)19/h3-6,9-10,12,25H,7-8,11H2,1-2H3,(H,24,27). The lowest BCUT2D eigenvalue weighted by Crippen LogP contribution is -2.52. The highest BCUT2D eigenvalue weighted by Crippen LogP contribution is 2.29. The van der Waals surface area contributed by atoms with Crippen molar-refractivity contribution >= 4 is 34.4 Å². The van der Waals surface area contributed by atoms with Crippen molar-refractivity contribution in [2.24, 2.45) is 0 Å². The highest BCUT2D eigenvalue weighted by Gasteiger charge is 2.42. The zero-order valence-corrected chi connectivity index (χ0v) is 16.5. The van der Waals surface area contributed by atoms with E-state index < -0.39 is 11.6 Å². The maximum absolute atomic E-state index is 12.8. The molecule has 0 bridgehead atoms. The Labute approximate surface area is 168 Å². The van der Waals surface area contributed by atoms with E-state index in [-0.39, 0.29) is 5.91 Å². The van der Waals surface area contributed by atoms with Gasteiger partial charge in [0.2, 0.25) is 0 Å². The number of hydrogen-bond acceptors (Lipinski definition) is 3. The fraction of sp³-hybridized carbons (Fsp3) is 0.273. The van der Waals surface area contributed by atoms with Gasteiger partial charge in [-0.1, -0.05) is 29.3 Å². The maximum Gasteiger partial charge on any atom is 0.339 e. The summed E-state index contributed by atoms with van der Waals surface area (Å²) < 4.78 is 5.50. The Morgan fingerprint density at radius 1 is 1.29 bits per heavy atom. The number of ether oxygens (including phenoxy) is 1. The number of amides is 1. The number of H-pyrrole nitrogens is 1. The Balaban J connectivity index is 1.45. The summed E-state index contributed by atoms with van der Waals surface area (Å²) in [6.45, 7) is 4.06. The smallest absolute Gasteiger partial charge is 0.339 e. The molecule has 1 aliphatic rings. The number of rotatable bonds is 4. The van der Waals surface area contributed by atoms with Crippen LogP contribution in [-0.2, 0) is 22.4 Å². The topological polar surface area (TPSA) is 71.2 Å². The molecular weight excluding hydrogens is 376 g/mol. The minimum Gasteiger partial charge on any atom is -0.445 e. The fourth-order valence-electron chi connectivity index (χ4n) is 3.71. The Kier molecular flexibility index (Phi) is 4.63. The summed E-state index contributed by atoms with van der Waals surface area (Å²) in [5, 5.41) is 4.63. The van der Waals surface area contributed by atoms with E-state index in [1.165, 1.54) is 0 Å². The van der Waals surface area contributed by atoms with Gasteiger partial charge in [-0.05, 0) is 55.7 Å². The summed E-state index contributed by atoms with van der Waals surface area (Å²) in [5.74, 6) is -0.740. The van der Waals surface area contributed by atoms with Gasteiger partial charge in [0.1, 0.15) is 0 Å². The van der Waals surface area contributed by atoms with Crippen LogP contribution in [0.1, 0.15) is 34.0 Å². The van der Waals surface area contributed by atoms with Crippen LogP contribution in [0, 0.1) is 6.92 Å². The highest BCUT2D eigenvalue weighted by atomic mass is 35.5. The van der Waals surface area contributed by atoms with E-state index in [1.54, 1.807) is 13.0 Å². The van der Waals surface area contributed by atoms with Crippen molar-refractivity contribution in [3.63, 3.8) is 0 Å². The van der Waals surface area contributed by atoms with Gasteiger partial charge < -0.3 is 15.0 Å². The molecule has 5 nitrogen and oxygen atoms in total. The maximum atomic E-state index is 12.8. The van der Waals surface area contributed by atoms with Crippen LogP contribution in [0.4, 0.5) is 0 Å². The van der Waals surface area contributed by atoms with Gasteiger partial charge in [-0.2, -0.15) is 0 Å². The normalized spacial score (nSPS) is 18.6. The molecule has 2 N–H and O–H groups in total. The van der Waals surface area contributed by atoms with Gasteiger partial charge in [0, 0.05) is 35.1 Å². The van der Waals surface area contributed by atoms with Crippen molar-refractivity contribution in [3.8, 4) is 0 Å². The zero-order valence-electron chi connectivity index (χ0n) is 15.8. The van der Waals surface area contributed by atoms with Crippen LogP contribution in [0.5, 0.6) is 0 Å². The number of carbonyl (C=O) groups is 2. The van der Waals surface area contributed by atoms with E-state index in [4.69, 9.17) is 16.3 Å². The first-order valence-corrected chi connectivity index (χ1v) is 9.60. The van der Waals surface area contributed by atoms with Crippen LogP contribution in [0.2, 0.25) is 5.02 Å². The number of nitrogens with one attached hydrogen (secondary N) is 2. The van der Waals surface area contributed by atoms with Crippen molar-refractivity contribution in [2.45, 2.75) is 32.3 Å². The lowest BCUT2D eigenvalue weighted by atomic mass is 9.88. The Bertz CT molecular complexity index is 1090. The summed E-state index contributed by atoms with van der Waals surface area (Å²) in [7, 11) is 0. The van der Waals surface area contributed by atoms with Crippen molar-refractivity contribution in [2.75, 3.05) is 6.54 Å². The number of aryl methyl sites for hydroxylation is 1. The predicted octanol–water partition coefficient (Wildman–Crippen LogP) is 3.96. The van der Waals surface area contributed by atoms with Crippen LogP contribution in [0.25, 0.3) is 10.9 Å². The van der Waals surface area contributed by atoms with Crippen molar-refractivity contribution in [1.29, 1.82) is 0 Å². The molecule has 1 amide bonds. The third-order valence-electron chi connectivity index (χ3n) is 5.22. The number of aromatic nitrogens is 1. The van der Waals surface area contributed by atoms with Crippen LogP contribution in [0.3, 0.4) is 0 Å². The first-order valence-electron chi connectivity index (χ1n) is 9.22. The molecule has 2 heterocycles. The number of carbonyl (C=O) groups excluding carboxylic acids is 2. The Morgan fingerprint density at radius 3 is 2.93 bits per heavy atom. The molecule has 0 aliphatic carbocycles. The molecule has 0 fully saturated rings. The van der Waals surface area contributed by atoms with Crippen LogP contribution in [-0.4, -0.2) is 29.0 Å². The molecule has 0 saturated heterocycles. The molecule has 144 valence electrons. The van der Waals surface area contributed by atoms with E-state index in [1.807, 2.05) is 43.5 Å². The van der Waals surface area contributed by atoms with E-state index in [0.29, 0.717) is 30.0 Å². The van der Waals surface area contributed by atoms with E-state index >= 15 is 0 Å². The number of esters is 1. The van der Waals surface area contributed by atoms with Gasteiger partial charge in [-0.15, -0.1) is 0 Å². The van der Waals surface area contributed by atoms with Crippen LogP contribution in [0.15, 0.2) is 42.6 Å². The Morgan fingerprint density at radius 2 is 2.11 bits per heavy atom. The first-order chi connectivity index (χ1) is 13.4. The van der Waals surface area contributed by atoms with Crippen molar-refractivity contribution in [1.82, 2.24) is 10.3 Å². The van der Waals surface area contributed by atoms with E-state index in [9.17, 15) is 9.59 Å². The first kappa shape index (κ1) is 18.6. The average molecular weight is 397 g/mol. The lowest BCUT2D eigenvalue weighted by molar-refractivity contribution is -0.139. The summed E-state index contributed by atoms with van der Waals surface area (Å²) in [5.41, 5.74) is 3.30. The average Bonchev–Trinajstić information content (AvgIpc) is 3.03.